The summed E-state index contributed by atoms with van der Waals surface area (Å²) >= 11 is 1.56. The molecule has 0 unspecified atom stereocenters. The van der Waals surface area contributed by atoms with Crippen LogP contribution in [0.4, 0.5) is 0 Å². The van der Waals surface area contributed by atoms with Gasteiger partial charge >= 0.3 is 0 Å². The molecule has 0 spiro atoms. The molecule has 2 aromatic heterocycles. The number of β-amino-alcohol motifs (C(OH)–C–C–N with tert-alkyl or cyclic N) is 1. The number of hydrogen-bond acceptors (Lipinski definition) is 11. The summed E-state index contributed by atoms with van der Waals surface area (Å²) in [6, 6.07) is 5.34. The number of rotatable bonds is 13. The predicted octanol–water partition coefficient (Wildman–Crippen LogP) is 1.14. The Labute approximate surface area is 267 Å². The fourth-order valence-electron chi connectivity index (χ4n) is 5.95. The van der Waals surface area contributed by atoms with E-state index < -0.39 is 30.1 Å². The number of nitrogens with one attached hydrogen (secondary N) is 2. The molecule has 5 rings (SSSR count). The third kappa shape index (κ3) is 8.12. The van der Waals surface area contributed by atoms with Crippen LogP contribution >= 0.6 is 11.3 Å². The van der Waals surface area contributed by atoms with Gasteiger partial charge in [0.05, 0.1) is 54.2 Å². The van der Waals surface area contributed by atoms with Gasteiger partial charge in [-0.2, -0.15) is 0 Å². The van der Waals surface area contributed by atoms with Crippen LogP contribution in [0.3, 0.4) is 0 Å². The number of thiazole rings is 1. The van der Waals surface area contributed by atoms with Crippen LogP contribution in [-0.4, -0.2) is 116 Å². The molecular formula is C31H44N8O5S. The number of aliphatic hydroxyl groups excluding tert-OH is 2. The van der Waals surface area contributed by atoms with Crippen molar-refractivity contribution in [3.63, 3.8) is 0 Å². The van der Waals surface area contributed by atoms with Crippen molar-refractivity contribution in [2.75, 3.05) is 52.5 Å². The second kappa shape index (κ2) is 15.3. The Hall–Kier alpha value is -3.27. The maximum atomic E-state index is 13.9. The highest BCUT2D eigenvalue weighted by Gasteiger charge is 2.43. The maximum Gasteiger partial charge on any atom is 0.248 e. The molecule has 244 valence electrons. The van der Waals surface area contributed by atoms with Gasteiger partial charge in [0.15, 0.2) is 0 Å². The summed E-state index contributed by atoms with van der Waals surface area (Å²) < 4.78 is 7.36. The van der Waals surface area contributed by atoms with Gasteiger partial charge in [0, 0.05) is 45.7 Å². The molecule has 13 nitrogen and oxygen atoms in total. The third-order valence-electron chi connectivity index (χ3n) is 8.42. The van der Waals surface area contributed by atoms with Gasteiger partial charge in [-0.1, -0.05) is 43.3 Å². The standard InChI is InChI=1S/C31H44N8O5S/c1-20(2)28(39-15-24(35-36-39)18-44-13-12-37-10-8-32-9-11-37)31(43)38-16-25(41)14-27(38)30(42)34-26(17-40)22-4-6-23(7-5-22)29-21(3)33-19-45-29/h4-7,15,19-20,25-28,32,40-41H,8-14,16-18H2,1-3H3,(H,34,42)/t25-,26+,27+,28+/m1/s1. The average Bonchev–Trinajstić information content (AvgIpc) is 3.78. The monoisotopic (exact) mass is 640 g/mol. The van der Waals surface area contributed by atoms with E-state index in [0.29, 0.717) is 12.3 Å². The number of benzene rings is 1. The molecule has 1 aromatic carbocycles. The first kappa shape index (κ1) is 33.1. The Morgan fingerprint density at radius 3 is 2.62 bits per heavy atom. The summed E-state index contributed by atoms with van der Waals surface area (Å²) in [5, 5.41) is 35.4. The molecule has 3 aromatic rings. The number of amides is 2. The number of piperazine rings is 1. The number of aryl methyl sites for hydroxylation is 1. The smallest absolute Gasteiger partial charge is 0.248 e. The summed E-state index contributed by atoms with van der Waals surface area (Å²) in [4.78, 5) is 36.6. The van der Waals surface area contributed by atoms with Crippen LogP contribution in [0.15, 0.2) is 36.0 Å². The quantitative estimate of drug-likeness (QED) is 0.200. The van der Waals surface area contributed by atoms with Crippen LogP contribution in [0.5, 0.6) is 0 Å². The van der Waals surface area contributed by atoms with Crippen molar-refractivity contribution in [1.29, 1.82) is 0 Å². The largest absolute Gasteiger partial charge is 0.394 e. The first-order valence-corrected chi connectivity index (χ1v) is 16.4. The number of aliphatic hydroxyl groups is 2. The van der Waals surface area contributed by atoms with Crippen molar-refractivity contribution in [2.45, 2.75) is 58.0 Å². The highest BCUT2D eigenvalue weighted by Crippen LogP contribution is 2.30. The molecule has 4 atom stereocenters. The minimum absolute atomic E-state index is 0.0313. The SMILES string of the molecule is Cc1ncsc1-c1ccc([C@H](CO)NC(=O)[C@@H]2C[C@@H](O)CN2C(=O)[C@H](C(C)C)n2cc(COCCN3CCNCC3)nn2)cc1. The molecule has 2 amide bonds. The number of carbonyl (C=O) groups excluding carboxylic acids is 2. The van der Waals surface area contributed by atoms with E-state index >= 15 is 0 Å². The van der Waals surface area contributed by atoms with Crippen LogP contribution in [0.25, 0.3) is 10.4 Å². The minimum atomic E-state index is -0.891. The van der Waals surface area contributed by atoms with Crippen LogP contribution in [-0.2, 0) is 20.9 Å². The molecule has 0 saturated carbocycles. The summed E-state index contributed by atoms with van der Waals surface area (Å²) in [6.45, 7) is 11.2. The second-order valence-electron chi connectivity index (χ2n) is 12.1. The van der Waals surface area contributed by atoms with Crippen LogP contribution < -0.4 is 10.6 Å². The van der Waals surface area contributed by atoms with Crippen molar-refractivity contribution in [3.05, 3.63) is 52.9 Å². The minimum Gasteiger partial charge on any atom is -0.394 e. The van der Waals surface area contributed by atoms with E-state index in [1.165, 1.54) is 9.58 Å². The first-order valence-electron chi connectivity index (χ1n) is 15.6. The fourth-order valence-corrected chi connectivity index (χ4v) is 6.76. The van der Waals surface area contributed by atoms with Gasteiger partial charge in [-0.3, -0.25) is 14.5 Å². The number of ether oxygens (including phenoxy) is 1. The number of nitrogens with zero attached hydrogens (tertiary/aromatic N) is 6. The van der Waals surface area contributed by atoms with Crippen LogP contribution in [0, 0.1) is 12.8 Å². The Morgan fingerprint density at radius 2 is 1.96 bits per heavy atom. The van der Waals surface area contributed by atoms with Crippen LogP contribution in [0.1, 0.15) is 49.3 Å². The maximum absolute atomic E-state index is 13.9. The Bertz CT molecular complexity index is 1410. The van der Waals surface area contributed by atoms with E-state index in [2.05, 4.69) is 30.8 Å². The molecule has 45 heavy (non-hydrogen) atoms. The third-order valence-corrected chi connectivity index (χ3v) is 9.40. The fraction of sp³-hybridized carbons (Fsp3) is 0.581. The zero-order valence-corrected chi connectivity index (χ0v) is 26.9. The van der Waals surface area contributed by atoms with Gasteiger partial charge in [0.25, 0.3) is 0 Å². The molecule has 2 aliphatic heterocycles. The summed E-state index contributed by atoms with van der Waals surface area (Å²) in [6.07, 6.45) is 0.976. The lowest BCUT2D eigenvalue weighted by molar-refractivity contribution is -0.142. The molecule has 4 heterocycles. The number of hydrogen-bond donors (Lipinski definition) is 4. The number of carbonyl (C=O) groups is 2. The summed E-state index contributed by atoms with van der Waals surface area (Å²) in [5.74, 6) is -0.906. The van der Waals surface area contributed by atoms with Gasteiger partial charge in [-0.25, -0.2) is 9.67 Å². The topological polar surface area (TPSA) is 158 Å². The molecule has 4 N–H and O–H groups in total. The predicted molar refractivity (Wildman–Crippen MR) is 169 cm³/mol. The molecule has 2 saturated heterocycles. The van der Waals surface area contributed by atoms with Gasteiger partial charge < -0.3 is 30.5 Å². The van der Waals surface area contributed by atoms with E-state index in [4.69, 9.17) is 4.74 Å². The molecule has 14 heteroatoms. The van der Waals surface area contributed by atoms with Crippen molar-refractivity contribution < 1.29 is 24.5 Å². The average molecular weight is 641 g/mol. The summed E-state index contributed by atoms with van der Waals surface area (Å²) in [5.41, 5.74) is 5.11. The second-order valence-corrected chi connectivity index (χ2v) is 12.9. The van der Waals surface area contributed by atoms with E-state index in [1.54, 1.807) is 23.0 Å². The van der Waals surface area contributed by atoms with Crippen molar-refractivity contribution in [1.82, 2.24) is 40.4 Å². The zero-order valence-electron chi connectivity index (χ0n) is 26.1. The first-order chi connectivity index (χ1) is 21.7. The molecular weight excluding hydrogens is 596 g/mol. The van der Waals surface area contributed by atoms with Gasteiger partial charge in [-0.05, 0) is 24.0 Å². The lowest BCUT2D eigenvalue weighted by atomic mass is 10.0. The van der Waals surface area contributed by atoms with E-state index in [9.17, 15) is 19.8 Å². The van der Waals surface area contributed by atoms with Crippen molar-refractivity contribution in [3.8, 4) is 10.4 Å². The molecule has 0 bridgehead atoms. The van der Waals surface area contributed by atoms with Crippen molar-refractivity contribution >= 4 is 23.2 Å². The van der Waals surface area contributed by atoms with Gasteiger partial charge in [0.1, 0.15) is 17.8 Å². The van der Waals surface area contributed by atoms with E-state index in [-0.39, 0.29) is 38.0 Å². The highest BCUT2D eigenvalue weighted by atomic mass is 32.1. The molecule has 0 aliphatic carbocycles. The Morgan fingerprint density at radius 1 is 1.20 bits per heavy atom. The molecule has 2 aliphatic rings. The molecule has 0 radical (unpaired) electrons. The van der Waals surface area contributed by atoms with Crippen molar-refractivity contribution in [2.24, 2.45) is 5.92 Å². The zero-order chi connectivity index (χ0) is 31.9. The van der Waals surface area contributed by atoms with Gasteiger partial charge in [-0.15, -0.1) is 16.4 Å². The van der Waals surface area contributed by atoms with Gasteiger partial charge in [0.2, 0.25) is 11.8 Å². The Kier molecular flexibility index (Phi) is 11.3. The van der Waals surface area contributed by atoms with E-state index in [0.717, 1.165) is 54.4 Å². The lowest BCUT2D eigenvalue weighted by Gasteiger charge is -2.30. The number of likely N-dealkylation sites (tertiary alicyclic amines) is 1. The lowest BCUT2D eigenvalue weighted by Crippen LogP contribution is -2.50. The van der Waals surface area contributed by atoms with E-state index in [1.807, 2.05) is 45.0 Å². The molecule has 2 fully saturated rings. The highest BCUT2D eigenvalue weighted by molar-refractivity contribution is 7.13. The number of aromatic nitrogens is 4. The Balaban J connectivity index is 1.21. The normalized spacial score (nSPS) is 20.4. The summed E-state index contributed by atoms with van der Waals surface area (Å²) in [7, 11) is 0. The van der Waals surface area contributed by atoms with Crippen LogP contribution in [0.2, 0.25) is 0 Å².